The van der Waals surface area contributed by atoms with Gasteiger partial charge in [0, 0.05) is 17.4 Å². The average molecular weight is 553 g/mol. The summed E-state index contributed by atoms with van der Waals surface area (Å²) in [5.74, 6) is -3.16. The number of aryl methyl sites for hydroxylation is 1. The zero-order chi connectivity index (χ0) is 28.0. The van der Waals surface area contributed by atoms with Gasteiger partial charge in [-0.3, -0.25) is 4.79 Å². The van der Waals surface area contributed by atoms with Crippen molar-refractivity contribution in [1.82, 2.24) is 15.2 Å². The summed E-state index contributed by atoms with van der Waals surface area (Å²) in [6.45, 7) is 4.52. The molecule has 0 bridgehead atoms. The highest BCUT2D eigenvalue weighted by Crippen LogP contribution is 2.44. The summed E-state index contributed by atoms with van der Waals surface area (Å²) in [5, 5.41) is 9.00. The number of halogens is 4. The number of nitrogens with one attached hydrogen (secondary N) is 1. The van der Waals surface area contributed by atoms with Crippen LogP contribution < -0.4 is 10.1 Å². The second-order valence-electron chi connectivity index (χ2n) is 9.57. The Morgan fingerprint density at radius 1 is 1.13 bits per heavy atom. The lowest BCUT2D eigenvalue weighted by Gasteiger charge is -2.38. The number of hydrogen-bond acceptors (Lipinski definition) is 7. The predicted molar refractivity (Wildman–Crippen MR) is 129 cm³/mol. The molecule has 0 unspecified atom stereocenters. The summed E-state index contributed by atoms with van der Waals surface area (Å²) in [5.41, 5.74) is -2.12. The molecule has 1 N–H and O–H groups in total. The molecule has 1 aliphatic carbocycles. The maximum absolute atomic E-state index is 15.1. The first kappa shape index (κ1) is 27.4. The van der Waals surface area contributed by atoms with E-state index in [1.165, 1.54) is 18.2 Å². The molecule has 3 aromatic rings. The molecule has 0 atom stereocenters. The second kappa shape index (κ2) is 9.61. The van der Waals surface area contributed by atoms with E-state index in [9.17, 15) is 26.4 Å². The van der Waals surface area contributed by atoms with Gasteiger partial charge in [-0.1, -0.05) is 19.4 Å². The van der Waals surface area contributed by atoms with Crippen molar-refractivity contribution in [2.24, 2.45) is 0 Å². The van der Waals surface area contributed by atoms with Gasteiger partial charge in [0.25, 0.3) is 17.7 Å². The minimum absolute atomic E-state index is 0.00392. The van der Waals surface area contributed by atoms with Gasteiger partial charge in [-0.05, 0) is 62.1 Å². The number of sulfone groups is 1. The van der Waals surface area contributed by atoms with Gasteiger partial charge >= 0.3 is 6.18 Å². The van der Waals surface area contributed by atoms with E-state index in [1.807, 2.05) is 6.92 Å². The number of aromatic nitrogens is 3. The smallest absolute Gasteiger partial charge is 0.432 e. The highest BCUT2D eigenvalue weighted by Gasteiger charge is 2.39. The molecule has 0 radical (unpaired) electrons. The fourth-order valence-corrected chi connectivity index (χ4v) is 4.89. The number of amides is 1. The van der Waals surface area contributed by atoms with Gasteiger partial charge in [0.05, 0.1) is 10.6 Å². The number of hydrogen-bond donors (Lipinski definition) is 1. The van der Waals surface area contributed by atoms with Crippen LogP contribution in [0.15, 0.2) is 35.2 Å². The summed E-state index contributed by atoms with van der Waals surface area (Å²) >= 11 is 0. The molecule has 202 valence electrons. The molecular weight excluding hydrogens is 528 g/mol. The number of pyridine rings is 1. The Morgan fingerprint density at radius 2 is 1.82 bits per heavy atom. The molecule has 1 amide bonds. The van der Waals surface area contributed by atoms with Crippen molar-refractivity contribution >= 4 is 21.4 Å². The predicted octanol–water partition coefficient (Wildman–Crippen LogP) is 5.54. The van der Waals surface area contributed by atoms with E-state index in [0.717, 1.165) is 38.5 Å². The SMILES string of the molecule is Cc1cc(C2(C)CCC2)nc(F)c1Oc1nnc(C(F)(F)F)c(C)c1C(=O)Nc1cccc(S(C)(=O)=O)c1. The third-order valence-electron chi connectivity index (χ3n) is 6.59. The quantitative estimate of drug-likeness (QED) is 0.316. The number of anilines is 1. The first-order valence-electron chi connectivity index (χ1n) is 11.5. The van der Waals surface area contributed by atoms with Gasteiger partial charge in [0.1, 0.15) is 5.56 Å². The van der Waals surface area contributed by atoms with Crippen LogP contribution in [0.25, 0.3) is 0 Å². The van der Waals surface area contributed by atoms with Crippen LogP contribution in [0.3, 0.4) is 0 Å². The minimum Gasteiger partial charge on any atom is -0.432 e. The minimum atomic E-state index is -4.94. The van der Waals surface area contributed by atoms with Crippen LogP contribution in [0, 0.1) is 19.8 Å². The number of nitrogens with zero attached hydrogens (tertiary/aromatic N) is 3. The Hall–Kier alpha value is -3.61. The summed E-state index contributed by atoms with van der Waals surface area (Å²) in [4.78, 5) is 17.1. The van der Waals surface area contributed by atoms with Crippen molar-refractivity contribution in [2.75, 3.05) is 11.6 Å². The Bertz CT molecular complexity index is 1510. The lowest BCUT2D eigenvalue weighted by Crippen LogP contribution is -2.31. The first-order valence-corrected chi connectivity index (χ1v) is 13.4. The summed E-state index contributed by atoms with van der Waals surface area (Å²) in [7, 11) is -3.63. The highest BCUT2D eigenvalue weighted by atomic mass is 32.2. The third-order valence-corrected chi connectivity index (χ3v) is 7.70. The Morgan fingerprint density at radius 3 is 2.37 bits per heavy atom. The molecule has 4 rings (SSSR count). The zero-order valence-electron chi connectivity index (χ0n) is 20.9. The molecule has 13 heteroatoms. The van der Waals surface area contributed by atoms with Crippen LogP contribution in [0.1, 0.15) is 59.1 Å². The molecule has 38 heavy (non-hydrogen) atoms. The summed E-state index contributed by atoms with van der Waals surface area (Å²) < 4.78 is 85.1. The van der Waals surface area contributed by atoms with Gasteiger partial charge in [0.2, 0.25) is 0 Å². The van der Waals surface area contributed by atoms with E-state index < -0.39 is 56.3 Å². The van der Waals surface area contributed by atoms with Crippen molar-refractivity contribution in [1.29, 1.82) is 0 Å². The number of carbonyl (C=O) groups is 1. The molecule has 2 heterocycles. The number of rotatable bonds is 6. The van der Waals surface area contributed by atoms with Crippen molar-refractivity contribution in [3.63, 3.8) is 0 Å². The average Bonchev–Trinajstić information content (AvgIpc) is 2.78. The number of carbonyl (C=O) groups excluding carboxylic acids is 1. The van der Waals surface area contributed by atoms with Crippen LogP contribution in [0.4, 0.5) is 23.2 Å². The van der Waals surface area contributed by atoms with Crippen molar-refractivity contribution in [2.45, 2.75) is 56.5 Å². The molecule has 1 saturated carbocycles. The fourth-order valence-electron chi connectivity index (χ4n) is 4.22. The number of alkyl halides is 3. The Balaban J connectivity index is 1.76. The second-order valence-corrected chi connectivity index (χ2v) is 11.6. The maximum Gasteiger partial charge on any atom is 0.435 e. The summed E-state index contributed by atoms with van der Waals surface area (Å²) in [6, 6.07) is 6.80. The zero-order valence-corrected chi connectivity index (χ0v) is 21.7. The van der Waals surface area contributed by atoms with Crippen molar-refractivity contribution < 1.29 is 35.5 Å². The standard InChI is InChI=1S/C25H24F4N4O4S/c1-13-11-17(24(3)9-6-10-24)31-21(26)19(13)37-23-18(14(2)20(32-33-23)25(27,28)29)22(34)30-15-7-5-8-16(12-15)38(4,35)36/h5,7-8,11-12H,6,9-10H2,1-4H3,(H,30,34). The van der Waals surface area contributed by atoms with E-state index in [4.69, 9.17) is 4.74 Å². The molecule has 1 aromatic carbocycles. The van der Waals surface area contributed by atoms with E-state index in [0.29, 0.717) is 11.3 Å². The van der Waals surface area contributed by atoms with Crippen LogP contribution in [0.5, 0.6) is 11.6 Å². The van der Waals surface area contributed by atoms with Gasteiger partial charge < -0.3 is 10.1 Å². The monoisotopic (exact) mass is 552 g/mol. The van der Waals surface area contributed by atoms with Crippen LogP contribution in [-0.4, -0.2) is 35.8 Å². The molecule has 0 saturated heterocycles. The number of benzene rings is 1. The largest absolute Gasteiger partial charge is 0.435 e. The van der Waals surface area contributed by atoms with Crippen LogP contribution in [0.2, 0.25) is 0 Å². The van der Waals surface area contributed by atoms with Crippen molar-refractivity contribution in [3.8, 4) is 11.6 Å². The van der Waals surface area contributed by atoms with Gasteiger partial charge in [0.15, 0.2) is 21.3 Å². The molecule has 1 fully saturated rings. The highest BCUT2D eigenvalue weighted by molar-refractivity contribution is 7.90. The third kappa shape index (κ3) is 5.33. The lowest BCUT2D eigenvalue weighted by atomic mass is 9.68. The van der Waals surface area contributed by atoms with Gasteiger partial charge in [-0.2, -0.15) is 17.6 Å². The lowest BCUT2D eigenvalue weighted by molar-refractivity contribution is -0.142. The Kier molecular flexibility index (Phi) is 6.93. The fraction of sp³-hybridized carbons (Fsp3) is 0.360. The maximum atomic E-state index is 15.1. The molecular formula is C25H24F4N4O4S. The normalized spacial score (nSPS) is 15.1. The topological polar surface area (TPSA) is 111 Å². The first-order chi connectivity index (χ1) is 17.6. The van der Waals surface area contributed by atoms with Crippen LogP contribution >= 0.6 is 0 Å². The van der Waals surface area contributed by atoms with E-state index in [2.05, 4.69) is 20.5 Å². The van der Waals surface area contributed by atoms with Gasteiger partial charge in [-0.25, -0.2) is 13.4 Å². The molecule has 2 aromatic heterocycles. The molecule has 0 spiro atoms. The van der Waals surface area contributed by atoms with E-state index >= 15 is 4.39 Å². The molecule has 1 aliphatic rings. The van der Waals surface area contributed by atoms with E-state index in [-0.39, 0.29) is 16.0 Å². The summed E-state index contributed by atoms with van der Waals surface area (Å²) in [6.07, 6.45) is -1.30. The van der Waals surface area contributed by atoms with Crippen molar-refractivity contribution in [3.05, 3.63) is 64.4 Å². The van der Waals surface area contributed by atoms with Crippen LogP contribution in [-0.2, 0) is 21.4 Å². The molecule has 0 aliphatic heterocycles. The number of ether oxygens (including phenoxy) is 1. The Labute approximate surface area is 216 Å². The van der Waals surface area contributed by atoms with Gasteiger partial charge in [-0.15, -0.1) is 10.2 Å². The van der Waals surface area contributed by atoms with E-state index in [1.54, 1.807) is 13.0 Å². The molecule has 8 nitrogen and oxygen atoms in total.